The molecule has 1 amide bonds. The molecule has 0 radical (unpaired) electrons. The molecule has 0 aliphatic carbocycles. The number of hydrogen-bond donors (Lipinski definition) is 0. The van der Waals surface area contributed by atoms with E-state index in [2.05, 4.69) is 0 Å². The van der Waals surface area contributed by atoms with Crippen molar-refractivity contribution >= 4 is 46.6 Å². The highest BCUT2D eigenvalue weighted by Gasteiger charge is 2.31. The first-order chi connectivity index (χ1) is 7.61. The highest BCUT2D eigenvalue weighted by Crippen LogP contribution is 2.29. The monoisotopic (exact) mass is 279 g/mol. The van der Waals surface area contributed by atoms with Crippen LogP contribution >= 0.6 is 34.8 Å². The molecule has 0 saturated carbocycles. The second-order valence-corrected chi connectivity index (χ2v) is 4.49. The van der Waals surface area contributed by atoms with Gasteiger partial charge in [-0.3, -0.25) is 4.90 Å². The topological polar surface area (TPSA) is 29.5 Å². The Morgan fingerprint density at radius 1 is 1.38 bits per heavy atom. The molecule has 0 bridgehead atoms. The average molecular weight is 281 g/mol. The summed E-state index contributed by atoms with van der Waals surface area (Å²) < 4.78 is 5.03. The van der Waals surface area contributed by atoms with Gasteiger partial charge in [0, 0.05) is 5.69 Å². The molecular formula is C10H8Cl3NO2. The maximum atomic E-state index is 11.5. The standard InChI is InChI=1S/C10H8Cl3NO2/c11-4-7-5-14(10(15)16-7)6-1-2-8(12)9(13)3-6/h1-3,7H,4-5H2/t7-/m1/s1. The summed E-state index contributed by atoms with van der Waals surface area (Å²) >= 11 is 17.3. The number of anilines is 1. The smallest absolute Gasteiger partial charge is 0.414 e. The molecule has 1 aliphatic heterocycles. The summed E-state index contributed by atoms with van der Waals surface area (Å²) in [4.78, 5) is 13.0. The molecule has 0 aromatic heterocycles. The zero-order valence-corrected chi connectivity index (χ0v) is 10.4. The zero-order chi connectivity index (χ0) is 11.7. The van der Waals surface area contributed by atoms with Crippen LogP contribution in [0.15, 0.2) is 18.2 Å². The van der Waals surface area contributed by atoms with Crippen molar-refractivity contribution in [2.24, 2.45) is 0 Å². The zero-order valence-electron chi connectivity index (χ0n) is 8.12. The van der Waals surface area contributed by atoms with E-state index >= 15 is 0 Å². The Kier molecular flexibility index (Phi) is 3.47. The highest BCUT2D eigenvalue weighted by atomic mass is 35.5. The number of cyclic esters (lactones) is 1. The fraction of sp³-hybridized carbons (Fsp3) is 0.300. The Morgan fingerprint density at radius 3 is 2.69 bits per heavy atom. The summed E-state index contributed by atoms with van der Waals surface area (Å²) in [6, 6.07) is 4.98. The van der Waals surface area contributed by atoms with E-state index in [-0.39, 0.29) is 12.0 Å². The van der Waals surface area contributed by atoms with Gasteiger partial charge in [-0.15, -0.1) is 11.6 Å². The highest BCUT2D eigenvalue weighted by molar-refractivity contribution is 6.42. The second kappa shape index (κ2) is 4.70. The van der Waals surface area contributed by atoms with Crippen LogP contribution in [0.25, 0.3) is 0 Å². The maximum absolute atomic E-state index is 11.5. The number of amides is 1. The number of rotatable bonds is 2. The van der Waals surface area contributed by atoms with Crippen molar-refractivity contribution in [3.8, 4) is 0 Å². The molecule has 1 saturated heterocycles. The minimum Gasteiger partial charge on any atom is -0.443 e. The first kappa shape index (κ1) is 11.8. The van der Waals surface area contributed by atoms with Crippen LogP contribution in [-0.4, -0.2) is 24.6 Å². The van der Waals surface area contributed by atoms with Crippen molar-refractivity contribution in [3.05, 3.63) is 28.2 Å². The van der Waals surface area contributed by atoms with Gasteiger partial charge in [0.05, 0.1) is 22.5 Å². The molecule has 0 spiro atoms. The van der Waals surface area contributed by atoms with Crippen LogP contribution < -0.4 is 4.90 Å². The molecule has 2 rings (SSSR count). The van der Waals surface area contributed by atoms with Gasteiger partial charge in [-0.1, -0.05) is 23.2 Å². The number of halogens is 3. The van der Waals surface area contributed by atoms with Crippen molar-refractivity contribution < 1.29 is 9.53 Å². The number of benzene rings is 1. The first-order valence-corrected chi connectivity index (χ1v) is 5.90. The molecule has 6 heteroatoms. The number of carbonyl (C=O) groups is 1. The maximum Gasteiger partial charge on any atom is 0.414 e. The molecule has 1 atom stereocenters. The first-order valence-electron chi connectivity index (χ1n) is 4.61. The van der Waals surface area contributed by atoms with Crippen molar-refractivity contribution in [3.63, 3.8) is 0 Å². The lowest BCUT2D eigenvalue weighted by Crippen LogP contribution is -2.24. The number of ether oxygens (including phenoxy) is 1. The third kappa shape index (κ3) is 2.21. The quantitative estimate of drug-likeness (QED) is 0.775. The van der Waals surface area contributed by atoms with Crippen LogP contribution in [0, 0.1) is 0 Å². The van der Waals surface area contributed by atoms with Gasteiger partial charge in [0.1, 0.15) is 6.10 Å². The molecule has 16 heavy (non-hydrogen) atoms. The molecule has 0 unspecified atom stereocenters. The van der Waals surface area contributed by atoms with Gasteiger partial charge >= 0.3 is 6.09 Å². The summed E-state index contributed by atoms with van der Waals surface area (Å²) in [5.74, 6) is 0.281. The fourth-order valence-electron chi connectivity index (χ4n) is 1.47. The van der Waals surface area contributed by atoms with E-state index < -0.39 is 6.09 Å². The van der Waals surface area contributed by atoms with Gasteiger partial charge in [-0.05, 0) is 18.2 Å². The molecular weight excluding hydrogens is 272 g/mol. The largest absolute Gasteiger partial charge is 0.443 e. The number of carbonyl (C=O) groups excluding carboxylic acids is 1. The minimum absolute atomic E-state index is 0.274. The Hall–Kier alpha value is -0.640. The number of nitrogens with zero attached hydrogens (tertiary/aromatic N) is 1. The van der Waals surface area contributed by atoms with Crippen LogP contribution in [0.2, 0.25) is 10.0 Å². The minimum atomic E-state index is -0.413. The molecule has 86 valence electrons. The Morgan fingerprint density at radius 2 is 2.12 bits per heavy atom. The number of hydrogen-bond acceptors (Lipinski definition) is 2. The average Bonchev–Trinajstić information content (AvgIpc) is 2.64. The van der Waals surface area contributed by atoms with Gasteiger partial charge in [0.15, 0.2) is 0 Å². The van der Waals surface area contributed by atoms with E-state index in [1.54, 1.807) is 18.2 Å². The van der Waals surface area contributed by atoms with E-state index in [1.165, 1.54) is 4.90 Å². The summed E-state index contributed by atoms with van der Waals surface area (Å²) in [7, 11) is 0. The molecule has 1 fully saturated rings. The van der Waals surface area contributed by atoms with Crippen LogP contribution in [0.5, 0.6) is 0 Å². The van der Waals surface area contributed by atoms with E-state index in [0.717, 1.165) is 0 Å². The van der Waals surface area contributed by atoms with Gasteiger partial charge in [-0.25, -0.2) is 4.79 Å². The normalized spacial score (nSPS) is 20.1. The lowest BCUT2D eigenvalue weighted by molar-refractivity contribution is 0.151. The summed E-state index contributed by atoms with van der Waals surface area (Å²) in [5.41, 5.74) is 0.659. The SMILES string of the molecule is O=C1O[C@H](CCl)CN1c1ccc(Cl)c(Cl)c1. The summed E-state index contributed by atoms with van der Waals surface area (Å²) in [6.07, 6.45) is -0.687. The van der Waals surface area contributed by atoms with Crippen LogP contribution in [0.4, 0.5) is 10.5 Å². The van der Waals surface area contributed by atoms with Crippen LogP contribution in [0.1, 0.15) is 0 Å². The van der Waals surface area contributed by atoms with E-state index in [9.17, 15) is 4.79 Å². The fourth-order valence-corrected chi connectivity index (χ4v) is 1.92. The molecule has 1 aromatic rings. The van der Waals surface area contributed by atoms with E-state index in [4.69, 9.17) is 39.5 Å². The van der Waals surface area contributed by atoms with Gasteiger partial charge in [0.25, 0.3) is 0 Å². The van der Waals surface area contributed by atoms with Crippen molar-refractivity contribution in [1.29, 1.82) is 0 Å². The third-order valence-corrected chi connectivity index (χ3v) is 3.34. The molecule has 1 heterocycles. The van der Waals surface area contributed by atoms with Crippen LogP contribution in [-0.2, 0) is 4.74 Å². The Bertz CT molecular complexity index is 425. The van der Waals surface area contributed by atoms with Gasteiger partial charge in [0.2, 0.25) is 0 Å². The number of alkyl halides is 1. The van der Waals surface area contributed by atoms with E-state index in [0.29, 0.717) is 22.3 Å². The van der Waals surface area contributed by atoms with Crippen molar-refractivity contribution in [2.45, 2.75) is 6.10 Å². The third-order valence-electron chi connectivity index (χ3n) is 2.26. The summed E-state index contributed by atoms with van der Waals surface area (Å²) in [6.45, 7) is 0.431. The lowest BCUT2D eigenvalue weighted by Gasteiger charge is -2.13. The van der Waals surface area contributed by atoms with Crippen molar-refractivity contribution in [1.82, 2.24) is 0 Å². The molecule has 1 aromatic carbocycles. The van der Waals surface area contributed by atoms with Crippen molar-refractivity contribution in [2.75, 3.05) is 17.3 Å². The van der Waals surface area contributed by atoms with E-state index in [1.807, 2.05) is 0 Å². The summed E-state index contributed by atoms with van der Waals surface area (Å²) in [5, 5.41) is 0.855. The van der Waals surface area contributed by atoms with Crippen LogP contribution in [0.3, 0.4) is 0 Å². The molecule has 3 nitrogen and oxygen atoms in total. The van der Waals surface area contributed by atoms with Gasteiger partial charge in [-0.2, -0.15) is 0 Å². The second-order valence-electron chi connectivity index (χ2n) is 3.37. The lowest BCUT2D eigenvalue weighted by atomic mass is 10.3. The predicted octanol–water partition coefficient (Wildman–Crippen LogP) is 3.56. The Labute approximate surface area is 108 Å². The Balaban J connectivity index is 2.24. The molecule has 0 N–H and O–H groups in total. The molecule has 1 aliphatic rings. The van der Waals surface area contributed by atoms with Gasteiger partial charge < -0.3 is 4.74 Å². The predicted molar refractivity (Wildman–Crippen MR) is 64.8 cm³/mol.